The molecule has 1 aliphatic rings. The van der Waals surface area contributed by atoms with Crippen molar-refractivity contribution in [3.63, 3.8) is 0 Å². The largest absolute Gasteiger partial charge is 0.507 e. The second kappa shape index (κ2) is 8.72. The summed E-state index contributed by atoms with van der Waals surface area (Å²) in [5, 5.41) is 10.3. The van der Waals surface area contributed by atoms with E-state index in [4.69, 9.17) is 13.9 Å². The Hall–Kier alpha value is -3.04. The van der Waals surface area contributed by atoms with E-state index >= 15 is 0 Å². The van der Waals surface area contributed by atoms with Gasteiger partial charge in [0.1, 0.15) is 17.1 Å². The third-order valence-electron chi connectivity index (χ3n) is 5.47. The zero-order valence-electron chi connectivity index (χ0n) is 18.4. The predicted octanol–water partition coefficient (Wildman–Crippen LogP) is 5.23. The second-order valence-corrected chi connectivity index (χ2v) is 8.39. The van der Waals surface area contributed by atoms with E-state index in [1.807, 2.05) is 25.7 Å². The smallest absolute Gasteiger partial charge is 0.453 e. The summed E-state index contributed by atoms with van der Waals surface area (Å²) in [5.41, 5.74) is -0.279. The van der Waals surface area contributed by atoms with Gasteiger partial charge in [-0.15, -0.1) is 0 Å². The lowest BCUT2D eigenvalue weighted by Gasteiger charge is -2.35. The van der Waals surface area contributed by atoms with E-state index in [9.17, 15) is 23.1 Å². The minimum atomic E-state index is -4.99. The molecule has 0 radical (unpaired) electrons. The van der Waals surface area contributed by atoms with Crippen LogP contribution in [0.3, 0.4) is 0 Å². The number of hydrogen-bond acceptors (Lipinski definition) is 6. The molecule has 2 atom stereocenters. The van der Waals surface area contributed by atoms with Crippen LogP contribution in [0.2, 0.25) is 0 Å². The first kappa shape index (κ1) is 23.1. The van der Waals surface area contributed by atoms with E-state index < -0.39 is 23.1 Å². The Kier molecular flexibility index (Phi) is 6.11. The van der Waals surface area contributed by atoms with Gasteiger partial charge in [-0.25, -0.2) is 0 Å². The molecule has 2 heterocycles. The Morgan fingerprint density at radius 2 is 1.73 bits per heavy atom. The number of aryl methyl sites for hydroxylation is 1. The van der Waals surface area contributed by atoms with E-state index in [-0.39, 0.29) is 46.8 Å². The van der Waals surface area contributed by atoms with Gasteiger partial charge in [0, 0.05) is 19.6 Å². The van der Waals surface area contributed by atoms with Crippen LogP contribution in [0.1, 0.15) is 30.7 Å². The van der Waals surface area contributed by atoms with Gasteiger partial charge in [-0.05, 0) is 45.0 Å². The van der Waals surface area contributed by atoms with Gasteiger partial charge in [-0.1, -0.05) is 17.7 Å². The Labute approximate surface area is 188 Å². The van der Waals surface area contributed by atoms with Gasteiger partial charge < -0.3 is 19.0 Å². The molecule has 0 amide bonds. The van der Waals surface area contributed by atoms with Crippen LogP contribution in [0.15, 0.2) is 45.6 Å². The van der Waals surface area contributed by atoms with Crippen LogP contribution in [0.4, 0.5) is 13.2 Å². The molecule has 1 aromatic heterocycles. The van der Waals surface area contributed by atoms with Crippen LogP contribution >= 0.6 is 0 Å². The van der Waals surface area contributed by atoms with Crippen LogP contribution in [0, 0.1) is 6.92 Å². The number of rotatable bonds is 4. The molecule has 6 nitrogen and oxygen atoms in total. The topological polar surface area (TPSA) is 72.1 Å². The average molecular weight is 463 g/mol. The molecule has 0 spiro atoms. The van der Waals surface area contributed by atoms with Crippen molar-refractivity contribution in [2.24, 2.45) is 0 Å². The van der Waals surface area contributed by atoms with E-state index in [0.29, 0.717) is 13.1 Å². The zero-order valence-corrected chi connectivity index (χ0v) is 18.4. The predicted molar refractivity (Wildman–Crippen MR) is 116 cm³/mol. The molecular formula is C24H24F3NO5. The molecule has 176 valence electrons. The number of aromatic hydroxyl groups is 1. The van der Waals surface area contributed by atoms with E-state index in [0.717, 1.165) is 5.56 Å². The fourth-order valence-electron chi connectivity index (χ4n) is 4.08. The van der Waals surface area contributed by atoms with Crippen LogP contribution in [0.25, 0.3) is 11.0 Å². The maximum absolute atomic E-state index is 13.9. The van der Waals surface area contributed by atoms with Crippen molar-refractivity contribution >= 4 is 11.0 Å². The number of alkyl halides is 3. The number of phenolic OH excluding ortho intramolecular Hbond substituents is 1. The van der Waals surface area contributed by atoms with E-state index in [1.165, 1.54) is 24.3 Å². The van der Waals surface area contributed by atoms with Crippen LogP contribution in [-0.2, 0) is 17.5 Å². The van der Waals surface area contributed by atoms with Crippen molar-refractivity contribution in [1.29, 1.82) is 0 Å². The summed E-state index contributed by atoms with van der Waals surface area (Å²) < 4.78 is 58.1. The van der Waals surface area contributed by atoms with Crippen LogP contribution in [0.5, 0.6) is 17.2 Å². The number of halogens is 3. The molecule has 9 heteroatoms. The third-order valence-corrected chi connectivity index (χ3v) is 5.47. The first-order valence-corrected chi connectivity index (χ1v) is 10.5. The number of hydrogen-bond donors (Lipinski definition) is 1. The molecule has 0 aliphatic carbocycles. The Morgan fingerprint density at radius 3 is 2.33 bits per heavy atom. The molecule has 1 fully saturated rings. The Morgan fingerprint density at radius 1 is 1.09 bits per heavy atom. The monoisotopic (exact) mass is 463 g/mol. The lowest BCUT2D eigenvalue weighted by Crippen LogP contribution is -2.44. The minimum absolute atomic E-state index is 0.0769. The summed E-state index contributed by atoms with van der Waals surface area (Å²) in [6.45, 7) is 6.74. The summed E-state index contributed by atoms with van der Waals surface area (Å²) in [6, 6.07) is 8.79. The number of morpholine rings is 1. The molecule has 4 rings (SSSR count). The highest BCUT2D eigenvalue weighted by molar-refractivity contribution is 5.83. The molecule has 1 aliphatic heterocycles. The Balaban J connectivity index is 1.84. The average Bonchev–Trinajstić information content (AvgIpc) is 2.72. The van der Waals surface area contributed by atoms with Crippen molar-refractivity contribution in [3.05, 3.63) is 63.5 Å². The van der Waals surface area contributed by atoms with Gasteiger partial charge in [-0.2, -0.15) is 13.2 Å². The first-order chi connectivity index (χ1) is 15.5. The summed E-state index contributed by atoms with van der Waals surface area (Å²) in [7, 11) is 0. The van der Waals surface area contributed by atoms with Crippen molar-refractivity contribution in [2.75, 3.05) is 13.1 Å². The maximum atomic E-state index is 13.9. The number of phenols is 1. The highest BCUT2D eigenvalue weighted by atomic mass is 19.4. The molecule has 0 bridgehead atoms. The maximum Gasteiger partial charge on any atom is 0.453 e. The quantitative estimate of drug-likeness (QED) is 0.572. The van der Waals surface area contributed by atoms with Crippen molar-refractivity contribution in [2.45, 2.75) is 45.7 Å². The molecular weight excluding hydrogens is 439 g/mol. The van der Waals surface area contributed by atoms with Gasteiger partial charge in [-0.3, -0.25) is 9.69 Å². The number of nitrogens with zero attached hydrogens (tertiary/aromatic N) is 1. The second-order valence-electron chi connectivity index (χ2n) is 8.39. The fourth-order valence-corrected chi connectivity index (χ4v) is 4.08. The molecule has 33 heavy (non-hydrogen) atoms. The minimum Gasteiger partial charge on any atom is -0.507 e. The normalized spacial score (nSPS) is 19.7. The summed E-state index contributed by atoms with van der Waals surface area (Å²) >= 11 is 0. The number of benzene rings is 2. The van der Waals surface area contributed by atoms with Gasteiger partial charge in [0.05, 0.1) is 23.2 Å². The molecule has 0 saturated carbocycles. The summed E-state index contributed by atoms with van der Waals surface area (Å²) in [6.07, 6.45) is -5.16. The van der Waals surface area contributed by atoms with Gasteiger partial charge in [0.2, 0.25) is 11.2 Å². The Bertz CT molecular complexity index is 1210. The van der Waals surface area contributed by atoms with E-state index in [1.54, 1.807) is 12.1 Å². The van der Waals surface area contributed by atoms with Crippen molar-refractivity contribution in [1.82, 2.24) is 4.90 Å². The molecule has 1 saturated heterocycles. The van der Waals surface area contributed by atoms with Crippen molar-refractivity contribution in [3.8, 4) is 17.2 Å². The third kappa shape index (κ3) is 4.84. The lowest BCUT2D eigenvalue weighted by atomic mass is 10.1. The SMILES string of the molecule is Cc1ccc(Oc2c(C(F)(F)F)oc3c(CN4CC(C)OC(C)C4)c(O)ccc3c2=O)cc1. The molecule has 3 aromatic rings. The van der Waals surface area contributed by atoms with Crippen LogP contribution < -0.4 is 10.2 Å². The lowest BCUT2D eigenvalue weighted by molar-refractivity contribution is -0.154. The molecule has 2 aromatic carbocycles. The highest BCUT2D eigenvalue weighted by Crippen LogP contribution is 2.40. The standard InChI is InChI=1S/C24H24F3NO5/c1-13-4-6-16(7-5-13)32-22-20(30)17-8-9-19(29)18(21(17)33-23(22)24(25,26)27)12-28-10-14(2)31-15(3)11-28/h4-9,14-15,29H,10-12H2,1-3H3. The van der Waals surface area contributed by atoms with Crippen molar-refractivity contribution < 1.29 is 32.2 Å². The van der Waals surface area contributed by atoms with E-state index in [2.05, 4.69) is 0 Å². The number of ether oxygens (including phenoxy) is 2. The fraction of sp³-hybridized carbons (Fsp3) is 0.375. The summed E-state index contributed by atoms with van der Waals surface area (Å²) in [5.74, 6) is -2.66. The molecule has 2 unspecified atom stereocenters. The highest BCUT2D eigenvalue weighted by Gasteiger charge is 2.41. The van der Waals surface area contributed by atoms with Crippen LogP contribution in [-0.4, -0.2) is 35.3 Å². The van der Waals surface area contributed by atoms with Gasteiger partial charge in [0.15, 0.2) is 0 Å². The van der Waals surface area contributed by atoms with Gasteiger partial charge in [0.25, 0.3) is 5.76 Å². The number of fused-ring (bicyclic) bond motifs is 1. The summed E-state index contributed by atoms with van der Waals surface area (Å²) in [4.78, 5) is 15.1. The molecule has 1 N–H and O–H groups in total. The zero-order chi connectivity index (χ0) is 23.9. The van der Waals surface area contributed by atoms with Gasteiger partial charge >= 0.3 is 6.18 Å². The first-order valence-electron chi connectivity index (χ1n) is 10.5.